The van der Waals surface area contributed by atoms with Crippen LogP contribution in [0.5, 0.6) is 0 Å². The Morgan fingerprint density at radius 3 is 1.84 bits per heavy atom. The molecular weight excluding hydrogens is 685 g/mol. The van der Waals surface area contributed by atoms with Gasteiger partial charge in [0.05, 0.1) is 11.4 Å². The molecule has 0 bridgehead atoms. The molecular formula is C52H32N2S. The van der Waals surface area contributed by atoms with E-state index in [0.29, 0.717) is 5.82 Å². The van der Waals surface area contributed by atoms with Gasteiger partial charge in [-0.25, -0.2) is 9.97 Å². The third-order valence-corrected chi connectivity index (χ3v) is 12.0. The van der Waals surface area contributed by atoms with E-state index in [0.717, 1.165) is 39.2 Å². The molecule has 0 saturated heterocycles. The first kappa shape index (κ1) is 31.6. The maximum absolute atomic E-state index is 5.32. The molecule has 256 valence electrons. The molecule has 2 aromatic heterocycles. The minimum absolute atomic E-state index is 0.703. The highest BCUT2D eigenvalue weighted by Gasteiger charge is 2.19. The fourth-order valence-corrected chi connectivity index (χ4v) is 9.39. The second kappa shape index (κ2) is 12.9. The molecule has 0 aliphatic heterocycles. The molecule has 3 heteroatoms. The number of fused-ring (bicyclic) bond motifs is 7. The lowest BCUT2D eigenvalue weighted by molar-refractivity contribution is 1.18. The van der Waals surface area contributed by atoms with E-state index in [9.17, 15) is 0 Å². The van der Waals surface area contributed by atoms with Crippen LogP contribution in [0.2, 0.25) is 0 Å². The fraction of sp³-hybridized carbons (Fsp3) is 0. The quantitative estimate of drug-likeness (QED) is 0.131. The van der Waals surface area contributed by atoms with Crippen molar-refractivity contribution in [1.29, 1.82) is 0 Å². The molecule has 0 amide bonds. The summed E-state index contributed by atoms with van der Waals surface area (Å²) < 4.78 is 2.61. The van der Waals surface area contributed by atoms with Gasteiger partial charge in [-0.3, -0.25) is 0 Å². The third kappa shape index (κ3) is 5.40. The van der Waals surface area contributed by atoms with Gasteiger partial charge in [0.1, 0.15) is 0 Å². The predicted octanol–water partition coefficient (Wildman–Crippen LogP) is 14.6. The third-order valence-electron chi connectivity index (χ3n) is 10.9. The van der Waals surface area contributed by atoms with E-state index >= 15 is 0 Å². The van der Waals surface area contributed by atoms with Crippen molar-refractivity contribution in [1.82, 2.24) is 9.97 Å². The summed E-state index contributed by atoms with van der Waals surface area (Å²) in [6.45, 7) is 0. The Balaban J connectivity index is 1.11. The van der Waals surface area contributed by atoms with E-state index < -0.39 is 0 Å². The first-order valence-corrected chi connectivity index (χ1v) is 19.5. The molecule has 0 unspecified atom stereocenters. The minimum Gasteiger partial charge on any atom is -0.228 e. The van der Waals surface area contributed by atoms with Crippen molar-refractivity contribution in [2.24, 2.45) is 0 Å². The van der Waals surface area contributed by atoms with Crippen molar-refractivity contribution in [3.8, 4) is 56.2 Å². The summed E-state index contributed by atoms with van der Waals surface area (Å²) in [6.07, 6.45) is 0. The first-order chi connectivity index (χ1) is 27.2. The molecule has 0 atom stereocenters. The molecule has 0 aliphatic rings. The molecule has 0 radical (unpaired) electrons. The predicted molar refractivity (Wildman–Crippen MR) is 235 cm³/mol. The van der Waals surface area contributed by atoms with Crippen molar-refractivity contribution < 1.29 is 0 Å². The highest BCUT2D eigenvalue weighted by atomic mass is 32.1. The standard InChI is InChI=1S/C52H32N2S/c1-2-14-34(15-3-1)52-53-47(38-18-12-17-35(29-38)36-26-27-43-42-22-10-11-24-49(42)55-50(43)31-36)32-48(54-52)41-21-8-9-23-44(41)51-40-20-7-5-16-37(40)30-46-39-19-6-4-13-33(39)25-28-45(46)51/h1-32H. The topological polar surface area (TPSA) is 25.8 Å². The Morgan fingerprint density at radius 2 is 0.945 bits per heavy atom. The summed E-state index contributed by atoms with van der Waals surface area (Å²) >= 11 is 1.85. The monoisotopic (exact) mass is 716 g/mol. The van der Waals surface area contributed by atoms with Crippen LogP contribution in [-0.2, 0) is 0 Å². The normalized spacial score (nSPS) is 11.6. The van der Waals surface area contributed by atoms with Crippen LogP contribution in [0.15, 0.2) is 194 Å². The summed E-state index contributed by atoms with van der Waals surface area (Å²) in [4.78, 5) is 10.6. The van der Waals surface area contributed by atoms with Crippen molar-refractivity contribution in [3.63, 3.8) is 0 Å². The smallest absolute Gasteiger partial charge is 0.160 e. The fourth-order valence-electron chi connectivity index (χ4n) is 8.25. The van der Waals surface area contributed by atoms with Crippen LogP contribution in [0.25, 0.3) is 109 Å². The summed E-state index contributed by atoms with van der Waals surface area (Å²) in [7, 11) is 0. The highest BCUT2D eigenvalue weighted by molar-refractivity contribution is 7.25. The Hall–Kier alpha value is -6.94. The number of nitrogens with zero attached hydrogens (tertiary/aromatic N) is 2. The number of rotatable bonds is 5. The van der Waals surface area contributed by atoms with Gasteiger partial charge in [-0.05, 0) is 84.9 Å². The lowest BCUT2D eigenvalue weighted by atomic mass is 9.87. The van der Waals surface area contributed by atoms with Crippen LogP contribution in [0.4, 0.5) is 0 Å². The molecule has 0 N–H and O–H groups in total. The largest absolute Gasteiger partial charge is 0.228 e. The number of hydrogen-bond donors (Lipinski definition) is 0. The van der Waals surface area contributed by atoms with Crippen LogP contribution in [0.3, 0.4) is 0 Å². The summed E-state index contributed by atoms with van der Waals surface area (Å²) in [5.74, 6) is 0.703. The molecule has 11 aromatic rings. The molecule has 0 saturated carbocycles. The molecule has 11 rings (SSSR count). The molecule has 0 fully saturated rings. The van der Waals surface area contributed by atoms with Gasteiger partial charge in [-0.1, -0.05) is 164 Å². The van der Waals surface area contributed by atoms with Crippen molar-refractivity contribution in [2.75, 3.05) is 0 Å². The number of thiophene rings is 1. The summed E-state index contributed by atoms with van der Waals surface area (Å²) in [5.41, 5.74) is 9.59. The van der Waals surface area contributed by atoms with Gasteiger partial charge in [0, 0.05) is 36.9 Å². The molecule has 0 aliphatic carbocycles. The molecule has 9 aromatic carbocycles. The molecule has 2 heterocycles. The van der Waals surface area contributed by atoms with Crippen LogP contribution >= 0.6 is 11.3 Å². The van der Waals surface area contributed by atoms with Crippen LogP contribution in [0.1, 0.15) is 0 Å². The zero-order chi connectivity index (χ0) is 36.3. The van der Waals surface area contributed by atoms with Gasteiger partial charge < -0.3 is 0 Å². The minimum atomic E-state index is 0.703. The van der Waals surface area contributed by atoms with Gasteiger partial charge in [0.25, 0.3) is 0 Å². The van der Waals surface area contributed by atoms with E-state index in [4.69, 9.17) is 9.97 Å². The number of benzene rings is 9. The van der Waals surface area contributed by atoms with Crippen LogP contribution in [-0.4, -0.2) is 9.97 Å². The van der Waals surface area contributed by atoms with Crippen molar-refractivity contribution >= 4 is 63.8 Å². The van der Waals surface area contributed by atoms with E-state index in [1.807, 2.05) is 17.4 Å². The second-order valence-corrected chi connectivity index (χ2v) is 15.2. The zero-order valence-electron chi connectivity index (χ0n) is 29.8. The van der Waals surface area contributed by atoms with Crippen LogP contribution < -0.4 is 0 Å². The summed E-state index contributed by atoms with van der Waals surface area (Å²) in [6, 6.07) is 69.8. The zero-order valence-corrected chi connectivity index (χ0v) is 30.6. The Labute approximate surface area is 322 Å². The molecule has 0 spiro atoms. The van der Waals surface area contributed by atoms with E-state index in [1.165, 1.54) is 63.6 Å². The van der Waals surface area contributed by atoms with Gasteiger partial charge in [-0.2, -0.15) is 0 Å². The van der Waals surface area contributed by atoms with Crippen molar-refractivity contribution in [3.05, 3.63) is 194 Å². The number of aromatic nitrogens is 2. The first-order valence-electron chi connectivity index (χ1n) is 18.6. The van der Waals surface area contributed by atoms with E-state index in [-0.39, 0.29) is 0 Å². The molecule has 55 heavy (non-hydrogen) atoms. The SMILES string of the molecule is c1ccc(-c2nc(-c3cccc(-c4ccc5c(c4)sc4ccccc45)c3)cc(-c3ccccc3-c3c4ccccc4cc4c3ccc3ccccc34)n2)cc1. The summed E-state index contributed by atoms with van der Waals surface area (Å²) in [5, 5.41) is 10.0. The van der Waals surface area contributed by atoms with Crippen molar-refractivity contribution in [2.45, 2.75) is 0 Å². The van der Waals surface area contributed by atoms with E-state index in [1.54, 1.807) is 0 Å². The van der Waals surface area contributed by atoms with Crippen LogP contribution in [0, 0.1) is 0 Å². The van der Waals surface area contributed by atoms with Gasteiger partial charge in [-0.15, -0.1) is 11.3 Å². The average Bonchev–Trinajstić information content (AvgIpc) is 3.64. The lowest BCUT2D eigenvalue weighted by Crippen LogP contribution is -1.97. The number of hydrogen-bond acceptors (Lipinski definition) is 3. The lowest BCUT2D eigenvalue weighted by Gasteiger charge is -2.17. The second-order valence-electron chi connectivity index (χ2n) is 14.1. The van der Waals surface area contributed by atoms with E-state index in [2.05, 4.69) is 188 Å². The maximum atomic E-state index is 5.32. The van der Waals surface area contributed by atoms with Gasteiger partial charge >= 0.3 is 0 Å². The Bertz CT molecular complexity index is 3270. The average molecular weight is 717 g/mol. The Kier molecular flexibility index (Phi) is 7.39. The highest BCUT2D eigenvalue weighted by Crippen LogP contribution is 2.44. The van der Waals surface area contributed by atoms with Gasteiger partial charge in [0.2, 0.25) is 0 Å². The Morgan fingerprint density at radius 1 is 0.309 bits per heavy atom. The maximum Gasteiger partial charge on any atom is 0.160 e. The van der Waals surface area contributed by atoms with Gasteiger partial charge in [0.15, 0.2) is 5.82 Å². The molecule has 2 nitrogen and oxygen atoms in total.